The van der Waals surface area contributed by atoms with E-state index >= 15 is 0 Å². The van der Waals surface area contributed by atoms with E-state index in [0.717, 1.165) is 5.56 Å². The highest BCUT2D eigenvalue weighted by molar-refractivity contribution is 6.28. The van der Waals surface area contributed by atoms with Gasteiger partial charge in [0.1, 0.15) is 5.52 Å². The van der Waals surface area contributed by atoms with Crippen molar-refractivity contribution in [2.24, 2.45) is 0 Å². The monoisotopic (exact) mass is 287 g/mol. The minimum atomic E-state index is -0.184. The highest BCUT2D eigenvalue weighted by Crippen LogP contribution is 2.20. The van der Waals surface area contributed by atoms with Crippen molar-refractivity contribution in [2.45, 2.75) is 6.54 Å². The predicted octanol–water partition coefficient (Wildman–Crippen LogP) is 2.81. The van der Waals surface area contributed by atoms with Crippen LogP contribution in [0.25, 0.3) is 11.1 Å². The Bertz CT molecular complexity index is 755. The van der Waals surface area contributed by atoms with Gasteiger partial charge in [-0.15, -0.1) is 0 Å². The number of rotatable bonds is 3. The number of aromatic nitrogens is 2. The molecule has 2 heterocycles. The number of fused-ring (bicyclic) bond motifs is 1. The number of oxazole rings is 1. The average Bonchev–Trinajstić information content (AvgIpc) is 2.85. The highest BCUT2D eigenvalue weighted by atomic mass is 35.5. The lowest BCUT2D eigenvalue weighted by atomic mass is 10.2. The zero-order chi connectivity index (χ0) is 13.9. The third kappa shape index (κ3) is 2.62. The molecule has 3 aromatic rings. The zero-order valence-electron chi connectivity index (χ0n) is 10.3. The molecule has 2 aromatic heterocycles. The Morgan fingerprint density at radius 2 is 2.05 bits per heavy atom. The maximum atomic E-state index is 12.0. The summed E-state index contributed by atoms with van der Waals surface area (Å²) in [5.74, 6) is -0.184. The van der Waals surface area contributed by atoms with E-state index < -0.39 is 0 Å². The molecule has 0 spiro atoms. The van der Waals surface area contributed by atoms with Crippen LogP contribution in [0.3, 0.4) is 0 Å². The van der Waals surface area contributed by atoms with Crippen LogP contribution in [-0.2, 0) is 6.54 Å². The summed E-state index contributed by atoms with van der Waals surface area (Å²) in [6, 6.07) is 8.70. The van der Waals surface area contributed by atoms with Crippen molar-refractivity contribution in [3.05, 3.63) is 59.2 Å². The largest absolute Gasteiger partial charge is 0.428 e. The molecule has 0 aliphatic rings. The summed E-state index contributed by atoms with van der Waals surface area (Å²) >= 11 is 5.67. The van der Waals surface area contributed by atoms with Crippen molar-refractivity contribution in [2.75, 3.05) is 0 Å². The summed E-state index contributed by atoms with van der Waals surface area (Å²) in [5.41, 5.74) is 2.60. The van der Waals surface area contributed by atoms with E-state index in [9.17, 15) is 4.79 Å². The van der Waals surface area contributed by atoms with Gasteiger partial charge in [0.05, 0.1) is 0 Å². The molecule has 0 aliphatic heterocycles. The van der Waals surface area contributed by atoms with Gasteiger partial charge in [-0.25, -0.2) is 0 Å². The van der Waals surface area contributed by atoms with Gasteiger partial charge in [-0.1, -0.05) is 0 Å². The molecule has 0 unspecified atom stereocenters. The third-order valence-electron chi connectivity index (χ3n) is 2.83. The van der Waals surface area contributed by atoms with E-state index in [1.54, 1.807) is 30.6 Å². The molecule has 0 aliphatic carbocycles. The van der Waals surface area contributed by atoms with E-state index in [4.69, 9.17) is 16.0 Å². The van der Waals surface area contributed by atoms with Crippen molar-refractivity contribution in [1.82, 2.24) is 15.3 Å². The van der Waals surface area contributed by atoms with E-state index in [1.807, 2.05) is 12.1 Å². The number of halogens is 1. The van der Waals surface area contributed by atoms with Crippen LogP contribution in [0.15, 0.2) is 47.1 Å². The number of nitrogens with one attached hydrogen (secondary N) is 1. The smallest absolute Gasteiger partial charge is 0.293 e. The van der Waals surface area contributed by atoms with Gasteiger partial charge < -0.3 is 9.73 Å². The summed E-state index contributed by atoms with van der Waals surface area (Å²) < 4.78 is 5.19. The van der Waals surface area contributed by atoms with Gasteiger partial charge in [0.2, 0.25) is 0 Å². The summed E-state index contributed by atoms with van der Waals surface area (Å²) in [6.45, 7) is 0.441. The number of nitrogens with zero attached hydrogens (tertiary/aromatic N) is 2. The fourth-order valence-corrected chi connectivity index (χ4v) is 2.00. The van der Waals surface area contributed by atoms with Gasteiger partial charge in [0.15, 0.2) is 5.58 Å². The third-order valence-corrected chi connectivity index (χ3v) is 2.99. The van der Waals surface area contributed by atoms with Crippen LogP contribution in [0.1, 0.15) is 15.9 Å². The summed E-state index contributed by atoms with van der Waals surface area (Å²) in [4.78, 5) is 19.9. The normalized spacial score (nSPS) is 10.7. The van der Waals surface area contributed by atoms with Crippen molar-refractivity contribution in [3.8, 4) is 0 Å². The molecule has 5 nitrogen and oxygen atoms in total. The molecule has 0 atom stereocenters. The Morgan fingerprint density at radius 1 is 1.25 bits per heavy atom. The molecule has 0 saturated heterocycles. The van der Waals surface area contributed by atoms with E-state index in [2.05, 4.69) is 15.3 Å². The van der Waals surface area contributed by atoms with Crippen LogP contribution in [-0.4, -0.2) is 15.9 Å². The Balaban J connectivity index is 1.75. The topological polar surface area (TPSA) is 68.0 Å². The second kappa shape index (κ2) is 5.30. The van der Waals surface area contributed by atoms with E-state index in [0.29, 0.717) is 23.2 Å². The number of carbonyl (C=O) groups excluding carboxylic acids is 1. The van der Waals surface area contributed by atoms with E-state index in [1.165, 1.54) is 0 Å². The van der Waals surface area contributed by atoms with Crippen molar-refractivity contribution < 1.29 is 9.21 Å². The first kappa shape index (κ1) is 12.6. The standard InChI is InChI=1S/C14H10ClN3O2/c15-14-18-11-2-1-10(7-12(11)20-14)13(19)17-8-9-3-5-16-6-4-9/h1-7H,8H2,(H,17,19). The minimum Gasteiger partial charge on any atom is -0.428 e. The van der Waals surface area contributed by atoms with Gasteiger partial charge in [0, 0.05) is 24.5 Å². The molecule has 3 rings (SSSR count). The van der Waals surface area contributed by atoms with Gasteiger partial charge in [-0.3, -0.25) is 9.78 Å². The second-order valence-electron chi connectivity index (χ2n) is 4.19. The molecule has 1 aromatic carbocycles. The number of amides is 1. The molecule has 1 amide bonds. The highest BCUT2D eigenvalue weighted by Gasteiger charge is 2.09. The molecule has 20 heavy (non-hydrogen) atoms. The molecule has 0 fully saturated rings. The molecular weight excluding hydrogens is 278 g/mol. The molecule has 0 saturated carbocycles. The maximum Gasteiger partial charge on any atom is 0.293 e. The number of hydrogen-bond donors (Lipinski definition) is 1. The average molecular weight is 288 g/mol. The minimum absolute atomic E-state index is 0.0642. The molecule has 0 bridgehead atoms. The first-order valence-corrected chi connectivity index (χ1v) is 6.33. The molecule has 6 heteroatoms. The first-order valence-electron chi connectivity index (χ1n) is 5.95. The number of carbonyl (C=O) groups is 1. The SMILES string of the molecule is O=C(NCc1ccncc1)c1ccc2nc(Cl)oc2c1. The molecule has 1 N–H and O–H groups in total. The predicted molar refractivity (Wildman–Crippen MR) is 74.4 cm³/mol. The lowest BCUT2D eigenvalue weighted by molar-refractivity contribution is 0.0951. The summed E-state index contributed by atoms with van der Waals surface area (Å²) in [6.07, 6.45) is 3.37. The molecule has 100 valence electrons. The van der Waals surface area contributed by atoms with Crippen LogP contribution in [0.4, 0.5) is 0 Å². The van der Waals surface area contributed by atoms with Gasteiger partial charge >= 0.3 is 0 Å². The van der Waals surface area contributed by atoms with Crippen molar-refractivity contribution in [3.63, 3.8) is 0 Å². The molecule has 0 radical (unpaired) electrons. The van der Waals surface area contributed by atoms with Gasteiger partial charge in [-0.05, 0) is 47.5 Å². The lowest BCUT2D eigenvalue weighted by Gasteiger charge is -2.04. The maximum absolute atomic E-state index is 12.0. The van der Waals surface area contributed by atoms with Crippen LogP contribution in [0, 0.1) is 0 Å². The number of benzene rings is 1. The zero-order valence-corrected chi connectivity index (χ0v) is 11.1. The van der Waals surface area contributed by atoms with Crippen molar-refractivity contribution in [1.29, 1.82) is 0 Å². The Hall–Kier alpha value is -2.40. The number of pyridine rings is 1. The van der Waals surface area contributed by atoms with Crippen LogP contribution < -0.4 is 5.32 Å². The Labute approximate surface area is 119 Å². The Morgan fingerprint density at radius 3 is 2.85 bits per heavy atom. The lowest BCUT2D eigenvalue weighted by Crippen LogP contribution is -2.22. The second-order valence-corrected chi connectivity index (χ2v) is 4.51. The van der Waals surface area contributed by atoms with Crippen LogP contribution in [0.5, 0.6) is 0 Å². The fraction of sp³-hybridized carbons (Fsp3) is 0.0714. The van der Waals surface area contributed by atoms with Crippen LogP contribution >= 0.6 is 11.6 Å². The first-order chi connectivity index (χ1) is 9.72. The van der Waals surface area contributed by atoms with Gasteiger partial charge in [0.25, 0.3) is 11.3 Å². The number of hydrogen-bond acceptors (Lipinski definition) is 4. The van der Waals surface area contributed by atoms with Crippen molar-refractivity contribution >= 4 is 28.6 Å². The van der Waals surface area contributed by atoms with Gasteiger partial charge in [-0.2, -0.15) is 4.98 Å². The quantitative estimate of drug-likeness (QED) is 0.804. The summed E-state index contributed by atoms with van der Waals surface area (Å²) in [7, 11) is 0. The van der Waals surface area contributed by atoms with E-state index in [-0.39, 0.29) is 11.3 Å². The fourth-order valence-electron chi connectivity index (χ4n) is 1.82. The summed E-state index contributed by atoms with van der Waals surface area (Å²) in [5, 5.41) is 2.89. The molecular formula is C14H10ClN3O2. The van der Waals surface area contributed by atoms with Crippen LogP contribution in [0.2, 0.25) is 5.35 Å². The Kier molecular flexibility index (Phi) is 3.35.